The minimum absolute atomic E-state index is 0.118. The largest absolute Gasteiger partial charge is 0.369 e. The maximum atomic E-state index is 11.1. The van der Waals surface area contributed by atoms with Gasteiger partial charge in [-0.05, 0) is 51.4 Å². The van der Waals surface area contributed by atoms with Gasteiger partial charge in [-0.25, -0.2) is 0 Å². The lowest BCUT2D eigenvalue weighted by atomic mass is 9.84. The van der Waals surface area contributed by atoms with E-state index < -0.39 is 0 Å². The quantitative estimate of drug-likeness (QED) is 0.684. The molecule has 0 heterocycles. The summed E-state index contributed by atoms with van der Waals surface area (Å²) < 4.78 is 0. The van der Waals surface area contributed by atoms with Crippen LogP contribution in [-0.2, 0) is 4.79 Å². The van der Waals surface area contributed by atoms with Gasteiger partial charge in [0.15, 0.2) is 0 Å². The molecule has 1 amide bonds. The molecule has 0 aromatic heterocycles. The van der Waals surface area contributed by atoms with Gasteiger partial charge in [-0.1, -0.05) is 0 Å². The Labute approximate surface area is 103 Å². The number of nitrogens with two attached hydrogens (primary N) is 2. The maximum absolute atomic E-state index is 11.1. The molecular weight excluding hydrogens is 214 g/mol. The first-order chi connectivity index (χ1) is 8.15. The minimum Gasteiger partial charge on any atom is -0.369 e. The van der Waals surface area contributed by atoms with Crippen molar-refractivity contribution in [2.45, 2.75) is 69.5 Å². The highest BCUT2D eigenvalue weighted by Crippen LogP contribution is 2.26. The van der Waals surface area contributed by atoms with Crippen molar-refractivity contribution < 1.29 is 4.79 Å². The average Bonchev–Trinajstić information content (AvgIpc) is 2.33. The van der Waals surface area contributed by atoms with Crippen LogP contribution in [0.4, 0.5) is 0 Å². The van der Waals surface area contributed by atoms with E-state index >= 15 is 0 Å². The summed E-state index contributed by atoms with van der Waals surface area (Å²) in [7, 11) is 0. The van der Waals surface area contributed by atoms with Gasteiger partial charge in [0.2, 0.25) is 5.91 Å². The van der Waals surface area contributed by atoms with Gasteiger partial charge in [-0.2, -0.15) is 0 Å². The molecule has 4 nitrogen and oxygen atoms in total. The van der Waals surface area contributed by atoms with Gasteiger partial charge >= 0.3 is 0 Å². The van der Waals surface area contributed by atoms with E-state index in [0.717, 1.165) is 38.5 Å². The van der Waals surface area contributed by atoms with Crippen LogP contribution in [0.25, 0.3) is 0 Å². The van der Waals surface area contributed by atoms with Crippen molar-refractivity contribution in [2.75, 3.05) is 0 Å². The van der Waals surface area contributed by atoms with Gasteiger partial charge in [0.05, 0.1) is 0 Å². The Morgan fingerprint density at radius 3 is 1.82 bits per heavy atom. The topological polar surface area (TPSA) is 81.1 Å². The Morgan fingerprint density at radius 1 is 0.882 bits per heavy atom. The lowest BCUT2D eigenvalue weighted by Gasteiger charge is -2.34. The average molecular weight is 239 g/mol. The highest BCUT2D eigenvalue weighted by molar-refractivity contribution is 5.76. The summed E-state index contributed by atoms with van der Waals surface area (Å²) in [6, 6.07) is 1.65. The second-order valence-corrected chi connectivity index (χ2v) is 5.73. The number of carbonyl (C=O) groups is 1. The summed E-state index contributed by atoms with van der Waals surface area (Å²) in [6.45, 7) is 0. The van der Waals surface area contributed by atoms with Crippen molar-refractivity contribution in [3.8, 4) is 0 Å². The Bertz CT molecular complexity index is 253. The summed E-state index contributed by atoms with van der Waals surface area (Å²) in [4.78, 5) is 11.1. The van der Waals surface area contributed by atoms with Crippen molar-refractivity contribution in [1.29, 1.82) is 0 Å². The first-order valence-electron chi connectivity index (χ1n) is 6.96. The highest BCUT2D eigenvalue weighted by Gasteiger charge is 2.27. The number of carbonyl (C=O) groups excluding carboxylic acids is 1. The van der Waals surface area contributed by atoms with E-state index in [-0.39, 0.29) is 11.8 Å². The zero-order valence-electron chi connectivity index (χ0n) is 10.5. The Morgan fingerprint density at radius 2 is 1.35 bits per heavy atom. The minimum atomic E-state index is -0.118. The third-order valence-electron chi connectivity index (χ3n) is 4.37. The van der Waals surface area contributed by atoms with Crippen LogP contribution in [0.3, 0.4) is 0 Å². The molecule has 2 rings (SSSR count). The van der Waals surface area contributed by atoms with Crippen LogP contribution in [-0.4, -0.2) is 24.0 Å². The SMILES string of the molecule is NC(=O)C1CCC(NC2CCC(N)CC2)CC1. The molecule has 0 aromatic rings. The Balaban J connectivity index is 1.69. The highest BCUT2D eigenvalue weighted by atomic mass is 16.1. The molecule has 2 aliphatic carbocycles. The van der Waals surface area contributed by atoms with Gasteiger partial charge in [-0.3, -0.25) is 4.79 Å². The van der Waals surface area contributed by atoms with E-state index in [0.29, 0.717) is 18.1 Å². The molecule has 0 aliphatic heterocycles. The van der Waals surface area contributed by atoms with Crippen LogP contribution >= 0.6 is 0 Å². The molecule has 0 bridgehead atoms. The molecule has 2 aliphatic rings. The predicted molar refractivity (Wildman–Crippen MR) is 68.3 cm³/mol. The van der Waals surface area contributed by atoms with Crippen molar-refractivity contribution in [3.63, 3.8) is 0 Å². The second kappa shape index (κ2) is 5.83. The third kappa shape index (κ3) is 3.68. The Hall–Kier alpha value is -0.610. The van der Waals surface area contributed by atoms with Crippen molar-refractivity contribution in [2.24, 2.45) is 17.4 Å². The van der Waals surface area contributed by atoms with Crippen LogP contribution in [0.15, 0.2) is 0 Å². The van der Waals surface area contributed by atoms with Crippen LogP contribution in [0, 0.1) is 5.92 Å². The number of hydrogen-bond donors (Lipinski definition) is 3. The zero-order valence-corrected chi connectivity index (χ0v) is 10.5. The summed E-state index contributed by atoms with van der Waals surface area (Å²) >= 11 is 0. The van der Waals surface area contributed by atoms with Crippen molar-refractivity contribution in [3.05, 3.63) is 0 Å². The van der Waals surface area contributed by atoms with Crippen molar-refractivity contribution >= 4 is 5.91 Å². The molecule has 2 fully saturated rings. The normalized spacial score (nSPS) is 38.9. The van der Waals surface area contributed by atoms with E-state index in [2.05, 4.69) is 5.32 Å². The van der Waals surface area contributed by atoms with Crippen LogP contribution < -0.4 is 16.8 Å². The van der Waals surface area contributed by atoms with Gasteiger partial charge in [0.25, 0.3) is 0 Å². The predicted octanol–water partition coefficient (Wildman–Crippen LogP) is 0.890. The molecule has 17 heavy (non-hydrogen) atoms. The molecule has 98 valence electrons. The first kappa shape index (κ1) is 12.8. The number of primary amides is 1. The van der Waals surface area contributed by atoms with Gasteiger partial charge in [0, 0.05) is 24.0 Å². The van der Waals surface area contributed by atoms with E-state index in [1.165, 1.54) is 12.8 Å². The third-order valence-corrected chi connectivity index (χ3v) is 4.37. The van der Waals surface area contributed by atoms with Crippen molar-refractivity contribution in [1.82, 2.24) is 5.32 Å². The van der Waals surface area contributed by atoms with Crippen LogP contribution in [0.1, 0.15) is 51.4 Å². The standard InChI is InChI=1S/C13H25N3O/c14-10-3-7-12(8-4-10)16-11-5-1-9(2-6-11)13(15)17/h9-12,16H,1-8,14H2,(H2,15,17). The smallest absolute Gasteiger partial charge is 0.220 e. The molecule has 0 atom stereocenters. The number of hydrogen-bond acceptors (Lipinski definition) is 3. The maximum Gasteiger partial charge on any atom is 0.220 e. The summed E-state index contributed by atoms with van der Waals surface area (Å²) in [5.41, 5.74) is 11.2. The van der Waals surface area contributed by atoms with Gasteiger partial charge in [0.1, 0.15) is 0 Å². The van der Waals surface area contributed by atoms with E-state index in [9.17, 15) is 4.79 Å². The molecule has 0 radical (unpaired) electrons. The molecule has 5 N–H and O–H groups in total. The zero-order chi connectivity index (χ0) is 12.3. The number of nitrogens with one attached hydrogen (secondary N) is 1. The summed E-state index contributed by atoms with van der Waals surface area (Å²) in [5.74, 6) is -0.0000759. The summed E-state index contributed by atoms with van der Waals surface area (Å²) in [6.07, 6.45) is 8.81. The number of amides is 1. The molecule has 0 saturated heterocycles. The van der Waals surface area contributed by atoms with Crippen LogP contribution in [0.5, 0.6) is 0 Å². The van der Waals surface area contributed by atoms with E-state index in [4.69, 9.17) is 11.5 Å². The molecular formula is C13H25N3O. The monoisotopic (exact) mass is 239 g/mol. The van der Waals surface area contributed by atoms with Gasteiger partial charge < -0.3 is 16.8 Å². The molecule has 0 aromatic carbocycles. The van der Waals surface area contributed by atoms with Crippen LogP contribution in [0.2, 0.25) is 0 Å². The number of rotatable bonds is 3. The lowest BCUT2D eigenvalue weighted by Crippen LogP contribution is -2.44. The van der Waals surface area contributed by atoms with E-state index in [1.807, 2.05) is 0 Å². The molecule has 0 unspecified atom stereocenters. The van der Waals surface area contributed by atoms with E-state index in [1.54, 1.807) is 0 Å². The molecule has 2 saturated carbocycles. The fourth-order valence-electron chi connectivity index (χ4n) is 3.16. The fourth-order valence-corrected chi connectivity index (χ4v) is 3.16. The Kier molecular flexibility index (Phi) is 4.40. The first-order valence-corrected chi connectivity index (χ1v) is 6.96. The second-order valence-electron chi connectivity index (χ2n) is 5.73. The van der Waals surface area contributed by atoms with Gasteiger partial charge in [-0.15, -0.1) is 0 Å². The summed E-state index contributed by atoms with van der Waals surface area (Å²) in [5, 5.41) is 3.73. The molecule has 4 heteroatoms. The fraction of sp³-hybridized carbons (Fsp3) is 0.923. The lowest BCUT2D eigenvalue weighted by molar-refractivity contribution is -0.122. The molecule has 0 spiro atoms.